The summed E-state index contributed by atoms with van der Waals surface area (Å²) in [5, 5.41) is 5.38. The predicted octanol–water partition coefficient (Wildman–Crippen LogP) is 2.79. The molecule has 0 fully saturated rings. The van der Waals surface area contributed by atoms with Crippen LogP contribution in [0.15, 0.2) is 12.2 Å². The fraction of sp³-hybridized carbons (Fsp3) is 0.444. The van der Waals surface area contributed by atoms with Crippen LogP contribution in [0, 0.1) is 17.8 Å². The van der Waals surface area contributed by atoms with Crippen molar-refractivity contribution in [3.05, 3.63) is 12.2 Å². The minimum absolute atomic E-state index is 0.337. The Kier molecular flexibility index (Phi) is 4.12. The van der Waals surface area contributed by atoms with Crippen LogP contribution >= 0.6 is 36.7 Å². The Morgan fingerprint density at radius 1 is 1.00 bits per heavy atom. The van der Waals surface area contributed by atoms with Gasteiger partial charge in [0.2, 0.25) is 0 Å². The molecule has 0 aromatic rings. The molecule has 0 N–H and O–H groups in total. The molecule has 0 nitrogen and oxygen atoms in total. The molecule has 0 amide bonds. The average molecular weight is 214 g/mol. The Morgan fingerprint density at radius 3 is 2.25 bits per heavy atom. The van der Waals surface area contributed by atoms with Crippen molar-refractivity contribution in [2.45, 2.75) is 6.42 Å². The Balaban J connectivity index is 2.74. The molecule has 3 unspecified atom stereocenters. The zero-order valence-corrected chi connectivity index (χ0v) is 9.00. The smallest absolute Gasteiger partial charge is 0.0123 e. The van der Waals surface area contributed by atoms with E-state index in [0.29, 0.717) is 17.8 Å². The van der Waals surface area contributed by atoms with Gasteiger partial charge in [-0.1, -0.05) is 48.8 Å². The van der Waals surface area contributed by atoms with Crippen molar-refractivity contribution < 1.29 is 0 Å². The highest BCUT2D eigenvalue weighted by atomic mass is 32.1. The lowest BCUT2D eigenvalue weighted by molar-refractivity contribution is 0.534. The van der Waals surface area contributed by atoms with E-state index in [9.17, 15) is 0 Å². The van der Waals surface area contributed by atoms with E-state index in [1.165, 1.54) is 0 Å². The van der Waals surface area contributed by atoms with Crippen LogP contribution < -0.4 is 0 Å². The molecule has 1 rings (SSSR count). The zero-order valence-electron chi connectivity index (χ0n) is 6.55. The van der Waals surface area contributed by atoms with Crippen LogP contribution in [0.3, 0.4) is 0 Å². The fourth-order valence-corrected chi connectivity index (χ4v) is 2.14. The monoisotopic (exact) mass is 214 g/mol. The van der Waals surface area contributed by atoms with Gasteiger partial charge in [0, 0.05) is 11.8 Å². The van der Waals surface area contributed by atoms with Gasteiger partial charge in [-0.15, -0.1) is 0 Å². The highest BCUT2D eigenvalue weighted by molar-refractivity contribution is 7.79. The molecule has 0 saturated carbocycles. The van der Waals surface area contributed by atoms with Crippen molar-refractivity contribution >= 4 is 52.8 Å². The van der Waals surface area contributed by atoms with Gasteiger partial charge in [-0.25, -0.2) is 0 Å². The largest absolute Gasteiger partial charge is 0.0931 e. The van der Waals surface area contributed by atoms with Crippen LogP contribution in [0.4, 0.5) is 0 Å². The molecule has 0 radical (unpaired) electrons. The van der Waals surface area contributed by atoms with E-state index in [2.05, 4.69) is 12.2 Å². The summed E-state index contributed by atoms with van der Waals surface area (Å²) in [5.74, 6) is 1.13. The van der Waals surface area contributed by atoms with Crippen molar-refractivity contribution in [3.8, 4) is 0 Å². The first-order valence-corrected chi connectivity index (χ1v) is 5.27. The Morgan fingerprint density at radius 2 is 1.75 bits per heavy atom. The molecule has 0 spiro atoms. The molecule has 64 valence electrons. The van der Waals surface area contributed by atoms with Crippen molar-refractivity contribution in [1.82, 2.24) is 0 Å². The molecule has 0 heterocycles. The van der Waals surface area contributed by atoms with Crippen molar-refractivity contribution in [3.63, 3.8) is 0 Å². The van der Waals surface area contributed by atoms with Gasteiger partial charge in [0.15, 0.2) is 0 Å². The van der Waals surface area contributed by atoms with Crippen LogP contribution in [-0.2, 0) is 0 Å². The number of hydrogen-bond donors (Lipinski definition) is 0. The van der Waals surface area contributed by atoms with E-state index in [1.54, 1.807) is 10.7 Å². The van der Waals surface area contributed by atoms with Crippen molar-refractivity contribution in [2.24, 2.45) is 17.8 Å². The topological polar surface area (TPSA) is 0 Å². The highest BCUT2D eigenvalue weighted by Gasteiger charge is 2.21. The molecule has 0 aliphatic heterocycles. The summed E-state index contributed by atoms with van der Waals surface area (Å²) in [5.41, 5.74) is 0. The first kappa shape index (κ1) is 10.1. The third-order valence-electron chi connectivity index (χ3n) is 2.13. The molecule has 0 bridgehead atoms. The van der Waals surface area contributed by atoms with Crippen LogP contribution in [0.5, 0.6) is 0 Å². The average Bonchev–Trinajstić information content (AvgIpc) is 2.16. The van der Waals surface area contributed by atoms with Gasteiger partial charge in [0.05, 0.1) is 0 Å². The lowest BCUT2D eigenvalue weighted by atomic mass is 9.82. The Bertz CT molecular complexity index is 220. The summed E-state index contributed by atoms with van der Waals surface area (Å²) in [6.45, 7) is 0. The quantitative estimate of drug-likeness (QED) is 0.524. The van der Waals surface area contributed by atoms with Crippen LogP contribution in [0.2, 0.25) is 0 Å². The van der Waals surface area contributed by atoms with Crippen LogP contribution in [0.25, 0.3) is 0 Å². The van der Waals surface area contributed by atoms with Gasteiger partial charge in [-0.3, -0.25) is 0 Å². The number of allylic oxidation sites excluding steroid dienone is 2. The zero-order chi connectivity index (χ0) is 8.97. The summed E-state index contributed by atoms with van der Waals surface area (Å²) in [4.78, 5) is 0. The van der Waals surface area contributed by atoms with E-state index >= 15 is 0 Å². The summed E-state index contributed by atoms with van der Waals surface area (Å²) >= 11 is 14.7. The van der Waals surface area contributed by atoms with E-state index in [0.717, 1.165) is 6.42 Å². The molecule has 1 aliphatic carbocycles. The summed E-state index contributed by atoms with van der Waals surface area (Å²) < 4.78 is 0. The van der Waals surface area contributed by atoms with E-state index in [4.69, 9.17) is 36.7 Å². The lowest BCUT2D eigenvalue weighted by Gasteiger charge is -2.24. The molecular formula is C9H10S3. The molecule has 12 heavy (non-hydrogen) atoms. The molecular weight excluding hydrogens is 204 g/mol. The number of thiocarbonyl (C=S) groups is 3. The second-order valence-electron chi connectivity index (χ2n) is 2.93. The first-order valence-electron chi connectivity index (χ1n) is 3.86. The number of hydrogen-bond acceptors (Lipinski definition) is 3. The van der Waals surface area contributed by atoms with Gasteiger partial charge in [0.1, 0.15) is 0 Å². The summed E-state index contributed by atoms with van der Waals surface area (Å²) in [6, 6.07) is 0. The van der Waals surface area contributed by atoms with Gasteiger partial charge in [0.25, 0.3) is 0 Å². The van der Waals surface area contributed by atoms with Gasteiger partial charge >= 0.3 is 0 Å². The number of rotatable bonds is 3. The van der Waals surface area contributed by atoms with E-state index < -0.39 is 0 Å². The summed E-state index contributed by atoms with van der Waals surface area (Å²) in [7, 11) is 0. The lowest BCUT2D eigenvalue weighted by Crippen LogP contribution is -2.22. The maximum atomic E-state index is 4.94. The Labute approximate surface area is 89.0 Å². The standard InChI is InChI=1S/C9H10S3/c10-4-7-1-2-8(5-11)9(3-7)6-12/h1-2,4-9H,3H2. The SMILES string of the molecule is S=CC1C=CC(C=S)C(C=S)C1. The molecule has 0 saturated heterocycles. The van der Waals surface area contributed by atoms with Crippen LogP contribution in [0.1, 0.15) is 6.42 Å². The molecule has 1 aliphatic rings. The third kappa shape index (κ3) is 2.25. The third-order valence-corrected chi connectivity index (χ3v) is 3.14. The molecule has 3 heteroatoms. The first-order chi connectivity index (χ1) is 5.81. The molecule has 0 aromatic carbocycles. The van der Waals surface area contributed by atoms with Crippen LogP contribution in [-0.4, -0.2) is 16.1 Å². The molecule has 0 aromatic heterocycles. The minimum atomic E-state index is 0.337. The van der Waals surface area contributed by atoms with Gasteiger partial charge < -0.3 is 0 Å². The van der Waals surface area contributed by atoms with Crippen molar-refractivity contribution in [1.29, 1.82) is 0 Å². The Hall–Kier alpha value is 0.01000. The molecule has 3 atom stereocenters. The van der Waals surface area contributed by atoms with Crippen molar-refractivity contribution in [2.75, 3.05) is 0 Å². The summed E-state index contributed by atoms with van der Waals surface area (Å²) in [6.07, 6.45) is 5.24. The highest BCUT2D eigenvalue weighted by Crippen LogP contribution is 2.25. The maximum absolute atomic E-state index is 4.94. The second kappa shape index (κ2) is 4.90. The van der Waals surface area contributed by atoms with E-state index in [-0.39, 0.29) is 0 Å². The second-order valence-corrected chi connectivity index (χ2v) is 3.75. The predicted molar refractivity (Wildman–Crippen MR) is 65.2 cm³/mol. The normalized spacial score (nSPS) is 34.2. The maximum Gasteiger partial charge on any atom is 0.0123 e. The van der Waals surface area contributed by atoms with E-state index in [1.807, 2.05) is 5.37 Å². The van der Waals surface area contributed by atoms with Gasteiger partial charge in [-0.05, 0) is 28.4 Å². The fourth-order valence-electron chi connectivity index (χ4n) is 1.36. The van der Waals surface area contributed by atoms with Gasteiger partial charge in [-0.2, -0.15) is 0 Å². The minimum Gasteiger partial charge on any atom is -0.0931 e.